The van der Waals surface area contributed by atoms with Crippen molar-refractivity contribution in [3.8, 4) is 10.8 Å². The van der Waals surface area contributed by atoms with Gasteiger partial charge in [0.15, 0.2) is 0 Å². The van der Waals surface area contributed by atoms with Crippen LogP contribution in [0.5, 0.6) is 0 Å². The van der Waals surface area contributed by atoms with Crippen molar-refractivity contribution in [1.29, 1.82) is 0 Å². The van der Waals surface area contributed by atoms with Crippen LogP contribution in [0.15, 0.2) is 46.5 Å². The van der Waals surface area contributed by atoms with Crippen LogP contribution in [0, 0.1) is 0 Å². The smallest absolute Gasteiger partial charge is 0.257 e. The summed E-state index contributed by atoms with van der Waals surface area (Å²) >= 11 is 1.52. The molecule has 1 amide bonds. The molecule has 0 atom stereocenters. The van der Waals surface area contributed by atoms with Crippen molar-refractivity contribution in [2.45, 2.75) is 6.54 Å². The first-order chi connectivity index (χ1) is 9.83. The van der Waals surface area contributed by atoms with Gasteiger partial charge in [0.1, 0.15) is 0 Å². The number of nitrogens with one attached hydrogen (secondary N) is 1. The molecule has 3 rings (SSSR count). The summed E-state index contributed by atoms with van der Waals surface area (Å²) in [5, 5.41) is 12.5. The summed E-state index contributed by atoms with van der Waals surface area (Å²) in [4.78, 5) is 16.6. The number of hydrogen-bond donors (Lipinski definition) is 1. The molecule has 1 N–H and O–H groups in total. The van der Waals surface area contributed by atoms with Crippen LogP contribution in [0.1, 0.15) is 16.2 Å². The standard InChI is InChI=1S/C13H10N4O2S/c18-12(9-3-1-5-14-7-9)15-8-11-16-17-13(19-11)10-4-2-6-20-10/h1-7H,8H2,(H,15,18). The molecule has 0 aromatic carbocycles. The summed E-state index contributed by atoms with van der Waals surface area (Å²) in [7, 11) is 0. The Balaban J connectivity index is 1.63. The molecule has 0 saturated heterocycles. The minimum atomic E-state index is -0.228. The normalized spacial score (nSPS) is 10.4. The van der Waals surface area contributed by atoms with Gasteiger partial charge in [-0.1, -0.05) is 6.07 Å². The lowest BCUT2D eigenvalue weighted by atomic mass is 10.3. The van der Waals surface area contributed by atoms with Crippen LogP contribution in [-0.2, 0) is 6.54 Å². The molecular weight excluding hydrogens is 276 g/mol. The second-order valence-corrected chi connectivity index (χ2v) is 4.85. The van der Waals surface area contributed by atoms with Crippen LogP contribution in [-0.4, -0.2) is 21.1 Å². The highest BCUT2D eigenvalue weighted by Crippen LogP contribution is 2.22. The molecule has 0 radical (unpaired) electrons. The monoisotopic (exact) mass is 286 g/mol. The maximum Gasteiger partial charge on any atom is 0.257 e. The van der Waals surface area contributed by atoms with E-state index in [0.29, 0.717) is 17.3 Å². The van der Waals surface area contributed by atoms with Crippen LogP contribution >= 0.6 is 11.3 Å². The lowest BCUT2D eigenvalue weighted by Gasteiger charge is -2.00. The van der Waals surface area contributed by atoms with Crippen molar-refractivity contribution in [3.63, 3.8) is 0 Å². The third-order valence-electron chi connectivity index (χ3n) is 2.52. The van der Waals surface area contributed by atoms with Gasteiger partial charge < -0.3 is 9.73 Å². The topological polar surface area (TPSA) is 80.9 Å². The summed E-state index contributed by atoms with van der Waals surface area (Å²) in [6.45, 7) is 0.187. The molecule has 0 unspecified atom stereocenters. The average Bonchev–Trinajstić information content (AvgIpc) is 3.16. The highest BCUT2D eigenvalue weighted by molar-refractivity contribution is 7.13. The molecule has 3 aromatic heterocycles. The third-order valence-corrected chi connectivity index (χ3v) is 3.38. The molecule has 0 fully saturated rings. The summed E-state index contributed by atoms with van der Waals surface area (Å²) in [5.41, 5.74) is 0.491. The molecule has 0 aliphatic heterocycles. The number of amides is 1. The van der Waals surface area contributed by atoms with Gasteiger partial charge in [-0.25, -0.2) is 0 Å². The van der Waals surface area contributed by atoms with Crippen LogP contribution in [0.25, 0.3) is 10.8 Å². The Bertz CT molecular complexity index is 694. The van der Waals surface area contributed by atoms with Gasteiger partial charge in [-0.15, -0.1) is 21.5 Å². The minimum absolute atomic E-state index is 0.187. The van der Waals surface area contributed by atoms with E-state index in [2.05, 4.69) is 20.5 Å². The fourth-order valence-corrected chi connectivity index (χ4v) is 2.22. The second kappa shape index (κ2) is 5.62. The predicted molar refractivity (Wildman–Crippen MR) is 73.0 cm³/mol. The number of hydrogen-bond acceptors (Lipinski definition) is 6. The largest absolute Gasteiger partial charge is 0.418 e. The molecule has 0 aliphatic rings. The maximum absolute atomic E-state index is 11.8. The van der Waals surface area contributed by atoms with Crippen molar-refractivity contribution in [2.24, 2.45) is 0 Å². The quantitative estimate of drug-likeness (QED) is 0.794. The van der Waals surface area contributed by atoms with E-state index in [4.69, 9.17) is 4.42 Å². The summed E-state index contributed by atoms with van der Waals surface area (Å²) in [6, 6.07) is 7.20. The molecule has 3 aromatic rings. The predicted octanol–water partition coefficient (Wildman–Crippen LogP) is 2.12. The fraction of sp³-hybridized carbons (Fsp3) is 0.0769. The van der Waals surface area contributed by atoms with Gasteiger partial charge in [0.25, 0.3) is 11.8 Å². The van der Waals surface area contributed by atoms with Crippen molar-refractivity contribution in [2.75, 3.05) is 0 Å². The van der Waals surface area contributed by atoms with Crippen molar-refractivity contribution in [1.82, 2.24) is 20.5 Å². The van der Waals surface area contributed by atoms with Gasteiger partial charge >= 0.3 is 0 Å². The van der Waals surface area contributed by atoms with Crippen molar-refractivity contribution in [3.05, 3.63) is 53.5 Å². The molecule has 6 nitrogen and oxygen atoms in total. The average molecular weight is 286 g/mol. The third kappa shape index (κ3) is 2.72. The second-order valence-electron chi connectivity index (χ2n) is 3.90. The van der Waals surface area contributed by atoms with E-state index in [1.807, 2.05) is 17.5 Å². The van der Waals surface area contributed by atoms with Crippen LogP contribution < -0.4 is 5.32 Å². The first kappa shape index (κ1) is 12.5. The van der Waals surface area contributed by atoms with E-state index < -0.39 is 0 Å². The van der Waals surface area contributed by atoms with Crippen molar-refractivity contribution < 1.29 is 9.21 Å². The lowest BCUT2D eigenvalue weighted by Crippen LogP contribution is -2.23. The number of aromatic nitrogens is 3. The number of rotatable bonds is 4. The SMILES string of the molecule is O=C(NCc1nnc(-c2cccs2)o1)c1cccnc1. The van der Waals surface area contributed by atoms with Gasteiger partial charge in [0.2, 0.25) is 5.89 Å². The molecule has 20 heavy (non-hydrogen) atoms. The zero-order valence-corrected chi connectivity index (χ0v) is 11.1. The molecule has 3 heterocycles. The molecule has 7 heteroatoms. The zero-order valence-electron chi connectivity index (χ0n) is 10.3. The highest BCUT2D eigenvalue weighted by Gasteiger charge is 2.11. The minimum Gasteiger partial charge on any atom is -0.418 e. The Hall–Kier alpha value is -2.54. The maximum atomic E-state index is 11.8. The van der Waals surface area contributed by atoms with Crippen LogP contribution in [0.2, 0.25) is 0 Å². The van der Waals surface area contributed by atoms with E-state index in [1.54, 1.807) is 18.3 Å². The molecule has 0 aliphatic carbocycles. The number of pyridine rings is 1. The van der Waals surface area contributed by atoms with Crippen molar-refractivity contribution >= 4 is 17.2 Å². The number of carbonyl (C=O) groups is 1. The molecule has 100 valence electrons. The molecule has 0 bridgehead atoms. The number of nitrogens with zero attached hydrogens (tertiary/aromatic N) is 3. The Morgan fingerprint density at radius 1 is 1.30 bits per heavy atom. The summed E-state index contributed by atoms with van der Waals surface area (Å²) in [5.74, 6) is 0.602. The van der Waals surface area contributed by atoms with Gasteiger partial charge in [-0.2, -0.15) is 0 Å². The van der Waals surface area contributed by atoms with Gasteiger partial charge in [-0.05, 0) is 23.6 Å². The summed E-state index contributed by atoms with van der Waals surface area (Å²) in [6.07, 6.45) is 3.11. The Morgan fingerprint density at radius 3 is 3.00 bits per heavy atom. The van der Waals surface area contributed by atoms with E-state index in [1.165, 1.54) is 17.5 Å². The molecule has 0 spiro atoms. The highest BCUT2D eigenvalue weighted by atomic mass is 32.1. The first-order valence-corrected chi connectivity index (χ1v) is 6.75. The van der Waals surface area contributed by atoms with Crippen LogP contribution in [0.3, 0.4) is 0 Å². The number of thiophene rings is 1. The van der Waals surface area contributed by atoms with E-state index in [0.717, 1.165) is 4.88 Å². The number of carbonyl (C=O) groups excluding carboxylic acids is 1. The van der Waals surface area contributed by atoms with E-state index in [-0.39, 0.29) is 12.5 Å². The lowest BCUT2D eigenvalue weighted by molar-refractivity contribution is 0.0947. The van der Waals surface area contributed by atoms with Gasteiger partial charge in [0.05, 0.1) is 17.0 Å². The Labute approximate surface area is 118 Å². The van der Waals surface area contributed by atoms with Gasteiger partial charge in [0, 0.05) is 12.4 Å². The first-order valence-electron chi connectivity index (χ1n) is 5.87. The Kier molecular flexibility index (Phi) is 3.51. The summed E-state index contributed by atoms with van der Waals surface area (Å²) < 4.78 is 5.47. The van der Waals surface area contributed by atoms with E-state index in [9.17, 15) is 4.79 Å². The Morgan fingerprint density at radius 2 is 2.25 bits per heavy atom. The molecular formula is C13H10N4O2S. The zero-order chi connectivity index (χ0) is 13.8. The van der Waals surface area contributed by atoms with E-state index >= 15 is 0 Å². The van der Waals surface area contributed by atoms with Gasteiger partial charge in [-0.3, -0.25) is 9.78 Å². The van der Waals surface area contributed by atoms with Crippen LogP contribution in [0.4, 0.5) is 0 Å². The molecule has 0 saturated carbocycles. The fourth-order valence-electron chi connectivity index (χ4n) is 1.58.